The fourth-order valence-corrected chi connectivity index (χ4v) is 4.96. The van der Waals surface area contributed by atoms with Crippen molar-refractivity contribution >= 4 is 34.7 Å². The van der Waals surface area contributed by atoms with Crippen LogP contribution < -0.4 is 16.0 Å². The Morgan fingerprint density at radius 2 is 1.83 bits per heavy atom. The van der Waals surface area contributed by atoms with Crippen molar-refractivity contribution in [2.24, 2.45) is 5.73 Å². The predicted molar refractivity (Wildman–Crippen MR) is 113 cm³/mol. The van der Waals surface area contributed by atoms with Gasteiger partial charge in [-0.15, -0.1) is 0 Å². The Morgan fingerprint density at radius 1 is 1.10 bits per heavy atom. The number of Topliss-reactive ketones (excluding diaryl/α,β-unsaturated/α-hetero) is 1. The number of amides is 1. The molecule has 2 heterocycles. The molecule has 0 fully saturated rings. The molecule has 1 aliphatic carbocycles. The highest BCUT2D eigenvalue weighted by atomic mass is 35.5. The number of hydrogen-bond acceptors (Lipinski definition) is 5. The fourth-order valence-electron chi connectivity index (χ4n) is 4.83. The summed E-state index contributed by atoms with van der Waals surface area (Å²) in [5.74, 6) is -0.399. The van der Waals surface area contributed by atoms with Crippen LogP contribution in [0, 0.1) is 11.3 Å². The van der Waals surface area contributed by atoms with E-state index in [1.807, 2.05) is 0 Å². The minimum atomic E-state index is -1.52. The first-order valence-corrected chi connectivity index (χ1v) is 10.0. The van der Waals surface area contributed by atoms with Gasteiger partial charge in [-0.25, -0.2) is 0 Å². The van der Waals surface area contributed by atoms with Gasteiger partial charge in [0.05, 0.1) is 5.57 Å². The fraction of sp³-hybridized carbons (Fsp3) is 0.174. The summed E-state index contributed by atoms with van der Waals surface area (Å²) in [6.45, 7) is 0. The summed E-state index contributed by atoms with van der Waals surface area (Å²) in [7, 11) is 0. The number of anilines is 2. The van der Waals surface area contributed by atoms with Gasteiger partial charge in [-0.3, -0.25) is 14.5 Å². The van der Waals surface area contributed by atoms with Gasteiger partial charge in [0.15, 0.2) is 5.78 Å². The van der Waals surface area contributed by atoms with Crippen LogP contribution in [0.15, 0.2) is 71.2 Å². The van der Waals surface area contributed by atoms with Crippen LogP contribution in [0.1, 0.15) is 24.8 Å². The first-order valence-electron chi connectivity index (χ1n) is 9.64. The summed E-state index contributed by atoms with van der Waals surface area (Å²) < 4.78 is 0. The van der Waals surface area contributed by atoms with Gasteiger partial charge in [-0.05, 0) is 43.2 Å². The van der Waals surface area contributed by atoms with Gasteiger partial charge in [0.1, 0.15) is 17.3 Å². The molecule has 2 aromatic rings. The van der Waals surface area contributed by atoms with Crippen molar-refractivity contribution in [1.29, 1.82) is 5.26 Å². The van der Waals surface area contributed by atoms with E-state index in [-0.39, 0.29) is 17.2 Å². The number of allylic oxidation sites excluding steroid dienone is 1. The molecule has 3 N–H and O–H groups in total. The second kappa shape index (κ2) is 6.48. The van der Waals surface area contributed by atoms with E-state index in [1.54, 1.807) is 53.4 Å². The van der Waals surface area contributed by atoms with Crippen molar-refractivity contribution in [2.45, 2.75) is 24.7 Å². The monoisotopic (exact) mass is 416 g/mol. The number of halogens is 1. The zero-order valence-corrected chi connectivity index (χ0v) is 16.7. The van der Waals surface area contributed by atoms with Crippen LogP contribution in [-0.2, 0) is 15.0 Å². The average Bonchev–Trinajstić information content (AvgIpc) is 3.02. The highest BCUT2D eigenvalue weighted by Gasteiger charge is 2.59. The van der Waals surface area contributed by atoms with Crippen molar-refractivity contribution < 1.29 is 9.59 Å². The summed E-state index contributed by atoms with van der Waals surface area (Å²) >= 11 is 6.04. The van der Waals surface area contributed by atoms with E-state index in [2.05, 4.69) is 11.4 Å². The molecular formula is C23H17ClN4O2. The molecule has 5 rings (SSSR count). The predicted octanol–water partition coefficient (Wildman–Crippen LogP) is 3.75. The highest BCUT2D eigenvalue weighted by molar-refractivity contribution is 6.30. The zero-order valence-electron chi connectivity index (χ0n) is 15.9. The molecule has 148 valence electrons. The van der Waals surface area contributed by atoms with Crippen LogP contribution in [0.2, 0.25) is 5.02 Å². The van der Waals surface area contributed by atoms with Crippen LogP contribution in [0.3, 0.4) is 0 Å². The number of para-hydroxylation sites is 1. The van der Waals surface area contributed by atoms with E-state index in [0.717, 1.165) is 0 Å². The number of nitrogens with one attached hydrogen (secondary N) is 1. The highest BCUT2D eigenvalue weighted by Crippen LogP contribution is 2.54. The van der Waals surface area contributed by atoms with E-state index in [1.165, 1.54) is 0 Å². The Kier molecular flexibility index (Phi) is 3.99. The van der Waals surface area contributed by atoms with E-state index >= 15 is 0 Å². The zero-order chi connectivity index (χ0) is 21.0. The molecular weight excluding hydrogens is 400 g/mol. The molecule has 0 bridgehead atoms. The smallest absolute Gasteiger partial charge is 0.245 e. The third-order valence-corrected chi connectivity index (χ3v) is 6.27. The first kappa shape index (κ1) is 18.5. The Hall–Kier alpha value is -3.56. The van der Waals surface area contributed by atoms with Crippen molar-refractivity contribution in [2.75, 3.05) is 10.2 Å². The number of carbonyl (C=O) groups excluding carboxylic acids is 2. The quantitative estimate of drug-likeness (QED) is 0.737. The van der Waals surface area contributed by atoms with Gasteiger partial charge < -0.3 is 11.1 Å². The lowest BCUT2D eigenvalue weighted by Crippen LogP contribution is -2.50. The van der Waals surface area contributed by atoms with E-state index < -0.39 is 11.3 Å². The molecule has 2 aliphatic heterocycles. The van der Waals surface area contributed by atoms with Crippen molar-refractivity contribution in [1.82, 2.24) is 0 Å². The summed E-state index contributed by atoms with van der Waals surface area (Å²) in [5.41, 5.74) is 7.97. The molecule has 2 aromatic carbocycles. The van der Waals surface area contributed by atoms with Crippen molar-refractivity contribution in [3.63, 3.8) is 0 Å². The van der Waals surface area contributed by atoms with Crippen LogP contribution in [-0.4, -0.2) is 11.7 Å². The maximum absolute atomic E-state index is 13.4. The van der Waals surface area contributed by atoms with Crippen LogP contribution >= 0.6 is 11.6 Å². The lowest BCUT2D eigenvalue weighted by atomic mass is 9.64. The van der Waals surface area contributed by atoms with Gasteiger partial charge in [-0.2, -0.15) is 5.26 Å². The van der Waals surface area contributed by atoms with Gasteiger partial charge >= 0.3 is 0 Å². The van der Waals surface area contributed by atoms with Gasteiger partial charge in [0, 0.05) is 39.7 Å². The van der Waals surface area contributed by atoms with Gasteiger partial charge in [0.25, 0.3) is 0 Å². The van der Waals surface area contributed by atoms with E-state index in [0.29, 0.717) is 52.5 Å². The third kappa shape index (κ3) is 2.24. The second-order valence-electron chi connectivity index (χ2n) is 7.53. The molecule has 1 spiro atoms. The lowest BCUT2D eigenvalue weighted by molar-refractivity contribution is -0.122. The minimum absolute atomic E-state index is 0.0638. The number of nitrogens with zero attached hydrogens (tertiary/aromatic N) is 2. The average molecular weight is 417 g/mol. The summed E-state index contributed by atoms with van der Waals surface area (Å²) in [6, 6.07) is 16.3. The number of hydrogen-bond donors (Lipinski definition) is 2. The molecule has 30 heavy (non-hydrogen) atoms. The molecule has 6 nitrogen and oxygen atoms in total. The second-order valence-corrected chi connectivity index (χ2v) is 7.97. The number of carbonyl (C=O) groups is 2. The Morgan fingerprint density at radius 3 is 2.57 bits per heavy atom. The summed E-state index contributed by atoms with van der Waals surface area (Å²) in [4.78, 5) is 28.4. The largest absolute Gasteiger partial charge is 0.384 e. The maximum Gasteiger partial charge on any atom is 0.245 e. The molecule has 1 amide bonds. The van der Waals surface area contributed by atoms with Crippen LogP contribution in [0.5, 0.6) is 0 Å². The third-order valence-electron chi connectivity index (χ3n) is 6.02. The lowest BCUT2D eigenvalue weighted by Gasteiger charge is -2.43. The van der Waals surface area contributed by atoms with E-state index in [4.69, 9.17) is 17.3 Å². The SMILES string of the molecule is N#CC1=C(N)N(c2ccc(Cl)cc2)C2=C(C(=O)CCC2)[C@@]12C(=O)Nc1ccccc12. The van der Waals surface area contributed by atoms with Crippen LogP contribution in [0.25, 0.3) is 0 Å². The topological polar surface area (TPSA) is 99.2 Å². The number of rotatable bonds is 1. The number of benzene rings is 2. The summed E-state index contributed by atoms with van der Waals surface area (Å²) in [5, 5.41) is 13.6. The minimum Gasteiger partial charge on any atom is -0.384 e. The van der Waals surface area contributed by atoms with Crippen LogP contribution in [0.4, 0.5) is 11.4 Å². The normalized spacial score (nSPS) is 22.7. The number of nitrogens with two attached hydrogens (primary N) is 1. The summed E-state index contributed by atoms with van der Waals surface area (Å²) in [6.07, 6.45) is 1.54. The Bertz CT molecular complexity index is 1220. The van der Waals surface area contributed by atoms with E-state index in [9.17, 15) is 14.9 Å². The molecule has 0 unspecified atom stereocenters. The standard InChI is InChI=1S/C23H17ClN4O2/c24-13-8-10-14(11-9-13)28-18-6-3-7-19(29)20(18)23(16(12-25)21(28)26)15-4-1-2-5-17(15)27-22(23)30/h1-2,4-5,8-11H,3,6-7,26H2,(H,27,30)/t23-/m0/s1. The molecule has 3 aliphatic rings. The molecule has 1 atom stereocenters. The van der Waals surface area contributed by atoms with Crippen molar-refractivity contribution in [3.8, 4) is 6.07 Å². The molecule has 0 radical (unpaired) electrons. The van der Waals surface area contributed by atoms with Gasteiger partial charge in [0.2, 0.25) is 5.91 Å². The number of ketones is 1. The molecule has 0 saturated carbocycles. The maximum atomic E-state index is 13.4. The molecule has 0 saturated heterocycles. The van der Waals surface area contributed by atoms with Gasteiger partial charge in [-0.1, -0.05) is 29.8 Å². The first-order chi connectivity index (χ1) is 14.5. The Labute approximate surface area is 178 Å². The Balaban J connectivity index is 1.87. The number of nitriles is 1. The van der Waals surface area contributed by atoms with Crippen molar-refractivity contribution in [3.05, 3.63) is 81.8 Å². The molecule has 7 heteroatoms. The molecule has 0 aromatic heterocycles. The number of fused-ring (bicyclic) bond motifs is 3.